The van der Waals surface area contributed by atoms with Crippen molar-refractivity contribution in [2.24, 2.45) is 0 Å². The van der Waals surface area contributed by atoms with Crippen molar-refractivity contribution >= 4 is 17.3 Å². The Morgan fingerprint density at radius 3 is 1.73 bits per heavy atom. The molecule has 0 heterocycles. The monoisotopic (exact) mass is 297 g/mol. The fourth-order valence-electron chi connectivity index (χ4n) is 2.11. The van der Waals surface area contributed by atoms with E-state index in [1.807, 2.05) is 81.6 Å². The van der Waals surface area contributed by atoms with Crippen LogP contribution in [0, 0.1) is 0 Å². The fourth-order valence-corrected chi connectivity index (χ4v) is 2.11. The van der Waals surface area contributed by atoms with Crippen LogP contribution in [0.4, 0.5) is 11.4 Å². The summed E-state index contributed by atoms with van der Waals surface area (Å²) in [6.45, 7) is 0.530. The van der Waals surface area contributed by atoms with Crippen LogP contribution < -0.4 is 15.1 Å². The van der Waals surface area contributed by atoms with Crippen molar-refractivity contribution in [3.63, 3.8) is 0 Å². The van der Waals surface area contributed by atoms with Crippen LogP contribution in [0.25, 0.3) is 0 Å². The molecule has 22 heavy (non-hydrogen) atoms. The summed E-state index contributed by atoms with van der Waals surface area (Å²) >= 11 is 0. The van der Waals surface area contributed by atoms with Gasteiger partial charge in [-0.25, -0.2) is 0 Å². The first-order valence-electron chi connectivity index (χ1n) is 7.29. The molecule has 0 saturated heterocycles. The lowest BCUT2D eigenvalue weighted by molar-refractivity contribution is 0.0951. The van der Waals surface area contributed by atoms with Crippen molar-refractivity contribution in [3.8, 4) is 0 Å². The minimum absolute atomic E-state index is 0.0537. The molecular weight excluding hydrogens is 274 g/mol. The van der Waals surface area contributed by atoms with Crippen molar-refractivity contribution in [3.05, 3.63) is 59.7 Å². The number of carbonyl (C=O) groups excluding carboxylic acids is 1. The van der Waals surface area contributed by atoms with Crippen molar-refractivity contribution in [2.75, 3.05) is 38.0 Å². The molecule has 0 saturated carbocycles. The number of nitrogens with one attached hydrogen (secondary N) is 1. The summed E-state index contributed by atoms with van der Waals surface area (Å²) in [7, 11) is 7.97. The predicted octanol–water partition coefficient (Wildman–Crippen LogP) is 2.75. The Balaban J connectivity index is 1.94. The predicted molar refractivity (Wildman–Crippen MR) is 92.7 cm³/mol. The number of benzene rings is 2. The lowest BCUT2D eigenvalue weighted by atomic mass is 10.1. The van der Waals surface area contributed by atoms with Crippen molar-refractivity contribution in [2.45, 2.75) is 6.54 Å². The fraction of sp³-hybridized carbons (Fsp3) is 0.278. The van der Waals surface area contributed by atoms with E-state index < -0.39 is 0 Å². The highest BCUT2D eigenvalue weighted by molar-refractivity contribution is 5.94. The van der Waals surface area contributed by atoms with Crippen molar-refractivity contribution in [1.82, 2.24) is 5.32 Å². The van der Waals surface area contributed by atoms with E-state index in [0.717, 1.165) is 16.9 Å². The second kappa shape index (κ2) is 6.98. The SMILES string of the molecule is CN(C)c1ccc(CNC(=O)c2ccc(N(C)C)cc2)cc1. The Hall–Kier alpha value is -2.49. The van der Waals surface area contributed by atoms with Crippen LogP contribution in [0.15, 0.2) is 48.5 Å². The topological polar surface area (TPSA) is 35.6 Å². The molecule has 0 fully saturated rings. The average molecular weight is 297 g/mol. The van der Waals surface area contributed by atoms with Crippen molar-refractivity contribution in [1.29, 1.82) is 0 Å². The summed E-state index contributed by atoms with van der Waals surface area (Å²) in [4.78, 5) is 16.2. The third kappa shape index (κ3) is 4.01. The molecule has 0 atom stereocenters. The van der Waals surface area contributed by atoms with Gasteiger partial charge in [-0.2, -0.15) is 0 Å². The highest BCUT2D eigenvalue weighted by Crippen LogP contribution is 2.14. The van der Waals surface area contributed by atoms with Crippen molar-refractivity contribution < 1.29 is 4.79 Å². The molecule has 0 aromatic heterocycles. The second-order valence-electron chi connectivity index (χ2n) is 5.68. The van der Waals surface area contributed by atoms with Gasteiger partial charge in [0.1, 0.15) is 0 Å². The Morgan fingerprint density at radius 1 is 0.818 bits per heavy atom. The highest BCUT2D eigenvalue weighted by atomic mass is 16.1. The van der Waals surface area contributed by atoms with Gasteiger partial charge in [-0.1, -0.05) is 12.1 Å². The Bertz CT molecular complexity index is 616. The average Bonchev–Trinajstić information content (AvgIpc) is 2.53. The first kappa shape index (κ1) is 15.9. The van der Waals surface area contributed by atoms with Crippen LogP contribution in [0.5, 0.6) is 0 Å². The second-order valence-corrected chi connectivity index (χ2v) is 5.68. The third-order valence-corrected chi connectivity index (χ3v) is 3.55. The smallest absolute Gasteiger partial charge is 0.251 e. The molecule has 0 aliphatic rings. The van der Waals surface area contributed by atoms with Gasteiger partial charge in [0.15, 0.2) is 0 Å². The van der Waals surface area contributed by atoms with Gasteiger partial charge in [0.05, 0.1) is 0 Å². The molecule has 0 bridgehead atoms. The van der Waals surface area contributed by atoms with E-state index in [1.54, 1.807) is 0 Å². The largest absolute Gasteiger partial charge is 0.378 e. The number of rotatable bonds is 5. The van der Waals surface area contributed by atoms with E-state index in [4.69, 9.17) is 0 Å². The number of anilines is 2. The molecule has 4 nitrogen and oxygen atoms in total. The van der Waals surface area contributed by atoms with E-state index in [9.17, 15) is 4.79 Å². The lowest BCUT2D eigenvalue weighted by Gasteiger charge is -2.13. The first-order chi connectivity index (χ1) is 10.5. The number of amides is 1. The van der Waals surface area contributed by atoms with E-state index in [-0.39, 0.29) is 5.91 Å². The van der Waals surface area contributed by atoms with Gasteiger partial charge >= 0.3 is 0 Å². The Kier molecular flexibility index (Phi) is 5.04. The highest BCUT2D eigenvalue weighted by Gasteiger charge is 2.06. The summed E-state index contributed by atoms with van der Waals surface area (Å²) in [5, 5.41) is 2.95. The van der Waals surface area contributed by atoms with E-state index in [2.05, 4.69) is 10.2 Å². The normalized spacial score (nSPS) is 10.2. The molecule has 2 aromatic rings. The molecule has 116 valence electrons. The van der Waals surface area contributed by atoms with Gasteiger partial charge in [0, 0.05) is 51.7 Å². The molecule has 0 radical (unpaired) electrons. The molecule has 2 rings (SSSR count). The standard InChI is InChI=1S/C18H23N3O/c1-20(2)16-9-5-14(6-10-16)13-19-18(22)15-7-11-17(12-8-15)21(3)4/h5-12H,13H2,1-4H3,(H,19,22). The molecule has 1 amide bonds. The van der Waals surface area contributed by atoms with Crippen LogP contribution in [-0.2, 0) is 6.54 Å². The third-order valence-electron chi connectivity index (χ3n) is 3.55. The van der Waals surface area contributed by atoms with E-state index in [0.29, 0.717) is 12.1 Å². The van der Waals surface area contributed by atoms with Crippen LogP contribution >= 0.6 is 0 Å². The molecule has 0 aliphatic heterocycles. The summed E-state index contributed by atoms with van der Waals surface area (Å²) in [5.74, 6) is -0.0537. The van der Waals surface area contributed by atoms with Crippen LogP contribution in [0.2, 0.25) is 0 Å². The maximum Gasteiger partial charge on any atom is 0.251 e. The van der Waals surface area contributed by atoms with Gasteiger partial charge in [-0.3, -0.25) is 4.79 Å². The maximum absolute atomic E-state index is 12.1. The number of hydrogen-bond donors (Lipinski definition) is 1. The summed E-state index contributed by atoms with van der Waals surface area (Å²) < 4.78 is 0. The summed E-state index contributed by atoms with van der Waals surface area (Å²) in [5.41, 5.74) is 3.99. The molecule has 2 aromatic carbocycles. The molecule has 4 heteroatoms. The van der Waals surface area contributed by atoms with Gasteiger partial charge in [0.25, 0.3) is 5.91 Å². The van der Waals surface area contributed by atoms with Gasteiger partial charge in [-0.05, 0) is 42.0 Å². The zero-order chi connectivity index (χ0) is 16.1. The minimum atomic E-state index is -0.0537. The molecule has 0 unspecified atom stereocenters. The van der Waals surface area contributed by atoms with Gasteiger partial charge in [0.2, 0.25) is 0 Å². The first-order valence-corrected chi connectivity index (χ1v) is 7.29. The summed E-state index contributed by atoms with van der Waals surface area (Å²) in [6, 6.07) is 15.7. The lowest BCUT2D eigenvalue weighted by Crippen LogP contribution is -2.22. The quantitative estimate of drug-likeness (QED) is 0.922. The van der Waals surface area contributed by atoms with Crippen LogP contribution in [0.3, 0.4) is 0 Å². The molecule has 0 aliphatic carbocycles. The van der Waals surface area contributed by atoms with E-state index in [1.165, 1.54) is 0 Å². The Morgan fingerprint density at radius 2 is 1.27 bits per heavy atom. The molecule has 0 spiro atoms. The molecular formula is C18H23N3O. The Labute approximate surface area is 132 Å². The van der Waals surface area contributed by atoms with Crippen LogP contribution in [0.1, 0.15) is 15.9 Å². The van der Waals surface area contributed by atoms with E-state index >= 15 is 0 Å². The summed E-state index contributed by atoms with van der Waals surface area (Å²) in [6.07, 6.45) is 0. The van der Waals surface area contributed by atoms with Gasteiger partial charge in [-0.15, -0.1) is 0 Å². The number of hydrogen-bond acceptors (Lipinski definition) is 3. The van der Waals surface area contributed by atoms with Gasteiger partial charge < -0.3 is 15.1 Å². The molecule has 1 N–H and O–H groups in total. The zero-order valence-electron chi connectivity index (χ0n) is 13.6. The number of nitrogens with zero attached hydrogens (tertiary/aromatic N) is 2. The maximum atomic E-state index is 12.1. The van der Waals surface area contributed by atoms with Crippen LogP contribution in [-0.4, -0.2) is 34.1 Å². The number of carbonyl (C=O) groups is 1. The zero-order valence-corrected chi connectivity index (χ0v) is 13.6. The minimum Gasteiger partial charge on any atom is -0.378 e.